The summed E-state index contributed by atoms with van der Waals surface area (Å²) >= 11 is 13.4. The van der Waals surface area contributed by atoms with Crippen LogP contribution in [0.4, 0.5) is 10.1 Å². The summed E-state index contributed by atoms with van der Waals surface area (Å²) in [4.78, 5) is 32.4. The van der Waals surface area contributed by atoms with E-state index >= 15 is 4.39 Å². The molecule has 0 bridgehead atoms. The summed E-state index contributed by atoms with van der Waals surface area (Å²) in [6, 6.07) is 13.0. The molecule has 10 nitrogen and oxygen atoms in total. The number of hydrogen-bond donors (Lipinski definition) is 2. The van der Waals surface area contributed by atoms with E-state index in [2.05, 4.69) is 10.2 Å². The molecule has 1 saturated carbocycles. The van der Waals surface area contributed by atoms with E-state index in [9.17, 15) is 9.59 Å². The Morgan fingerprint density at radius 3 is 2.61 bits per heavy atom. The first-order valence-electron chi connectivity index (χ1n) is 17.3. The normalized spacial score (nSPS) is 16.8. The van der Waals surface area contributed by atoms with Crippen molar-refractivity contribution in [2.75, 3.05) is 32.1 Å². The molecule has 268 valence electrons. The number of ether oxygens (including phenoxy) is 3. The predicted octanol–water partition coefficient (Wildman–Crippen LogP) is 7.02. The predicted molar refractivity (Wildman–Crippen MR) is 193 cm³/mol. The van der Waals surface area contributed by atoms with Crippen LogP contribution in [-0.2, 0) is 42.5 Å². The largest absolute Gasteiger partial charge is 0.496 e. The Hall–Kier alpha value is -4.16. The van der Waals surface area contributed by atoms with Gasteiger partial charge in [-0.2, -0.15) is 0 Å². The Kier molecular flexibility index (Phi) is 10.2. The van der Waals surface area contributed by atoms with Crippen molar-refractivity contribution >= 4 is 40.8 Å². The molecule has 2 heterocycles. The molecule has 3 aliphatic rings. The van der Waals surface area contributed by atoms with Crippen LogP contribution in [-0.4, -0.2) is 53.1 Å². The molecule has 4 aromatic rings. The Morgan fingerprint density at radius 2 is 1.84 bits per heavy atom. The zero-order valence-corrected chi connectivity index (χ0v) is 30.1. The fraction of sp³-hybridized carbons (Fsp3) is 0.395. The van der Waals surface area contributed by atoms with E-state index in [0.29, 0.717) is 42.5 Å². The summed E-state index contributed by atoms with van der Waals surface area (Å²) in [7, 11) is 3.31. The first kappa shape index (κ1) is 35.3. The standard InChI is InChI=1S/C38H40Cl2FN5O5/c1-45-29-14-16-46(15-5-17-50-38(48)21-10-11-21)20-28(29)43-36(45)37(47)44-27-9-4-8-25(33(27)39)22-6-3-7-24-23(22)12-13-30(24)51-32-18-31(49-2)26(19-42)35(41)34(32)40/h3-4,6-9,18,21,30H,5,10-17,19-20,42H2,1-2H3,(H,44,47). The minimum Gasteiger partial charge on any atom is -0.496 e. The van der Waals surface area contributed by atoms with E-state index in [1.807, 2.05) is 41.9 Å². The highest BCUT2D eigenvalue weighted by atomic mass is 35.5. The van der Waals surface area contributed by atoms with E-state index in [0.717, 1.165) is 72.4 Å². The lowest BCUT2D eigenvalue weighted by Gasteiger charge is -2.26. The molecule has 1 amide bonds. The number of nitrogens with two attached hydrogens (primary N) is 1. The maximum Gasteiger partial charge on any atom is 0.308 e. The number of carbonyl (C=O) groups is 2. The molecule has 13 heteroatoms. The first-order valence-corrected chi connectivity index (χ1v) is 18.0. The average molecular weight is 737 g/mol. The third kappa shape index (κ3) is 7.04. The molecule has 1 unspecified atom stereocenters. The zero-order valence-electron chi connectivity index (χ0n) is 28.6. The summed E-state index contributed by atoms with van der Waals surface area (Å²) in [5, 5.41) is 3.26. The number of aromatic nitrogens is 2. The monoisotopic (exact) mass is 735 g/mol. The van der Waals surface area contributed by atoms with Crippen molar-refractivity contribution in [3.63, 3.8) is 0 Å². The number of esters is 1. The van der Waals surface area contributed by atoms with Gasteiger partial charge in [0.15, 0.2) is 11.6 Å². The number of nitrogens with one attached hydrogen (secondary N) is 1. The smallest absolute Gasteiger partial charge is 0.308 e. The summed E-state index contributed by atoms with van der Waals surface area (Å²) in [5.74, 6) is -0.200. The lowest BCUT2D eigenvalue weighted by molar-refractivity contribution is -0.145. The van der Waals surface area contributed by atoms with Gasteiger partial charge in [-0.1, -0.05) is 53.5 Å². The number of anilines is 1. The van der Waals surface area contributed by atoms with Crippen LogP contribution in [0, 0.1) is 11.7 Å². The Morgan fingerprint density at radius 1 is 1.06 bits per heavy atom. The highest BCUT2D eigenvalue weighted by molar-refractivity contribution is 6.36. The fourth-order valence-electron chi connectivity index (χ4n) is 7.11. The second kappa shape index (κ2) is 14.8. The minimum absolute atomic E-state index is 0.0598. The molecular formula is C38H40Cl2FN5O5. The minimum atomic E-state index is -0.654. The number of hydrogen-bond acceptors (Lipinski definition) is 8. The number of amides is 1. The number of imidazole rings is 1. The molecule has 0 saturated heterocycles. The average Bonchev–Trinajstić information content (AvgIpc) is 3.84. The molecular weight excluding hydrogens is 696 g/mol. The molecule has 0 spiro atoms. The second-order valence-electron chi connectivity index (χ2n) is 13.2. The molecule has 1 aliphatic heterocycles. The molecule has 1 fully saturated rings. The van der Waals surface area contributed by atoms with Crippen LogP contribution in [0.3, 0.4) is 0 Å². The van der Waals surface area contributed by atoms with E-state index in [1.54, 1.807) is 12.1 Å². The number of methoxy groups -OCH3 is 1. The highest BCUT2D eigenvalue weighted by Gasteiger charge is 2.32. The molecule has 3 aromatic carbocycles. The van der Waals surface area contributed by atoms with Crippen LogP contribution in [0.25, 0.3) is 11.1 Å². The number of nitrogens with zero attached hydrogens (tertiary/aromatic N) is 3. The van der Waals surface area contributed by atoms with Crippen molar-refractivity contribution < 1.29 is 28.2 Å². The van der Waals surface area contributed by atoms with E-state index in [-0.39, 0.29) is 52.5 Å². The molecule has 2 aliphatic carbocycles. The maximum absolute atomic E-state index is 15.0. The van der Waals surface area contributed by atoms with Crippen molar-refractivity contribution in [3.8, 4) is 22.6 Å². The van der Waals surface area contributed by atoms with E-state index in [1.165, 1.54) is 7.11 Å². The van der Waals surface area contributed by atoms with Crippen LogP contribution in [0.2, 0.25) is 10.0 Å². The van der Waals surface area contributed by atoms with Gasteiger partial charge >= 0.3 is 5.97 Å². The van der Waals surface area contributed by atoms with Gasteiger partial charge in [-0.3, -0.25) is 14.5 Å². The molecule has 51 heavy (non-hydrogen) atoms. The number of fused-ring (bicyclic) bond motifs is 2. The second-order valence-corrected chi connectivity index (χ2v) is 14.0. The molecule has 3 N–H and O–H groups in total. The van der Waals surface area contributed by atoms with Crippen LogP contribution >= 0.6 is 23.2 Å². The van der Waals surface area contributed by atoms with Crippen LogP contribution in [0.15, 0.2) is 42.5 Å². The summed E-state index contributed by atoms with van der Waals surface area (Å²) in [6.07, 6.45) is 4.38. The fourth-order valence-corrected chi connectivity index (χ4v) is 7.60. The van der Waals surface area contributed by atoms with Gasteiger partial charge in [0.1, 0.15) is 22.6 Å². The van der Waals surface area contributed by atoms with Crippen molar-refractivity contribution in [1.29, 1.82) is 0 Å². The van der Waals surface area contributed by atoms with Crippen LogP contribution in [0.1, 0.15) is 70.5 Å². The lowest BCUT2D eigenvalue weighted by atomic mass is 9.96. The Labute approximate surface area is 306 Å². The van der Waals surface area contributed by atoms with Gasteiger partial charge in [-0.15, -0.1) is 0 Å². The van der Waals surface area contributed by atoms with Crippen LogP contribution < -0.4 is 20.5 Å². The van der Waals surface area contributed by atoms with Crippen molar-refractivity contribution in [2.45, 2.75) is 57.7 Å². The zero-order chi connectivity index (χ0) is 35.8. The van der Waals surface area contributed by atoms with E-state index in [4.69, 9.17) is 48.1 Å². The van der Waals surface area contributed by atoms with Gasteiger partial charge in [-0.05, 0) is 54.9 Å². The van der Waals surface area contributed by atoms with E-state index < -0.39 is 5.82 Å². The van der Waals surface area contributed by atoms with Gasteiger partial charge < -0.3 is 29.8 Å². The highest BCUT2D eigenvalue weighted by Crippen LogP contribution is 2.45. The Balaban J connectivity index is 1.05. The van der Waals surface area contributed by atoms with Gasteiger partial charge in [0.2, 0.25) is 0 Å². The van der Waals surface area contributed by atoms with Crippen molar-refractivity contribution in [1.82, 2.24) is 14.5 Å². The third-order valence-corrected chi connectivity index (χ3v) is 10.8. The molecule has 7 rings (SSSR count). The number of halogens is 3. The van der Waals surface area contributed by atoms with Gasteiger partial charge in [0.25, 0.3) is 5.91 Å². The molecule has 1 aromatic heterocycles. The quantitative estimate of drug-likeness (QED) is 0.118. The van der Waals surface area contributed by atoms with Crippen LogP contribution in [0.5, 0.6) is 11.5 Å². The SMILES string of the molecule is COc1cc(OC2CCc3c(-c4cccc(NC(=O)c5nc6c(n5C)CCN(CCCOC(=O)C5CC5)C6)c4Cl)cccc32)c(Cl)c(F)c1CN. The van der Waals surface area contributed by atoms with Crippen molar-refractivity contribution in [2.24, 2.45) is 18.7 Å². The topological polar surface area (TPSA) is 121 Å². The Bertz CT molecular complexity index is 2000. The van der Waals surface area contributed by atoms with Crippen molar-refractivity contribution in [3.05, 3.63) is 92.2 Å². The summed E-state index contributed by atoms with van der Waals surface area (Å²) in [5.41, 5.74) is 12.0. The third-order valence-electron chi connectivity index (χ3n) is 9.99. The molecule has 0 radical (unpaired) electrons. The maximum atomic E-state index is 15.0. The number of carbonyl (C=O) groups excluding carboxylic acids is 2. The number of benzene rings is 3. The van der Waals surface area contributed by atoms with Gasteiger partial charge in [0.05, 0.1) is 36.0 Å². The first-order chi connectivity index (χ1) is 24.7. The lowest BCUT2D eigenvalue weighted by Crippen LogP contribution is -2.32. The summed E-state index contributed by atoms with van der Waals surface area (Å²) in [6.45, 7) is 2.61. The van der Waals surface area contributed by atoms with Gasteiger partial charge in [-0.25, -0.2) is 9.37 Å². The molecule has 1 atom stereocenters. The van der Waals surface area contributed by atoms with Gasteiger partial charge in [0, 0.05) is 62.5 Å². The summed E-state index contributed by atoms with van der Waals surface area (Å²) < 4.78 is 33.9. The number of rotatable bonds is 12.